The van der Waals surface area contributed by atoms with Crippen molar-refractivity contribution >= 4 is 15.8 Å². The number of sulfonamides is 1. The zero-order valence-corrected chi connectivity index (χ0v) is 15.9. The maximum atomic E-state index is 12.9. The summed E-state index contributed by atoms with van der Waals surface area (Å²) in [6, 6.07) is 6.61. The van der Waals surface area contributed by atoms with E-state index in [4.69, 9.17) is 4.74 Å². The number of nitrogens with one attached hydrogen (secondary N) is 1. The number of hydrogen-bond acceptors (Lipinski definition) is 4. The highest BCUT2D eigenvalue weighted by atomic mass is 32.2. The molecule has 25 heavy (non-hydrogen) atoms. The van der Waals surface area contributed by atoms with Crippen molar-refractivity contribution in [3.63, 3.8) is 0 Å². The first-order valence-corrected chi connectivity index (χ1v) is 9.85. The smallest absolute Gasteiger partial charge is 0.243 e. The Morgan fingerprint density at radius 3 is 2.12 bits per heavy atom. The van der Waals surface area contributed by atoms with Crippen molar-refractivity contribution < 1.29 is 17.9 Å². The number of hydrogen-bond donors (Lipinski definition) is 1. The molecular weight excluding hydrogens is 338 g/mol. The predicted octanol–water partition coefficient (Wildman–Crippen LogP) is 3.26. The maximum absolute atomic E-state index is 12.9. The van der Waals surface area contributed by atoms with Crippen molar-refractivity contribution in [3.8, 4) is 0 Å². The van der Waals surface area contributed by atoms with Gasteiger partial charge in [-0.25, -0.2) is 8.42 Å². The van der Waals surface area contributed by atoms with Crippen LogP contribution in [0.2, 0.25) is 0 Å². The molecule has 1 aliphatic carbocycles. The van der Waals surface area contributed by atoms with Crippen LogP contribution < -0.4 is 4.72 Å². The van der Waals surface area contributed by atoms with Crippen LogP contribution in [-0.4, -0.2) is 26.5 Å². The molecule has 0 aromatic heterocycles. The number of carbonyl (C=O) groups excluding carboxylic acids is 1. The third kappa shape index (κ3) is 4.26. The molecule has 0 heterocycles. The molecule has 0 radical (unpaired) electrons. The summed E-state index contributed by atoms with van der Waals surface area (Å²) in [7, 11) is -3.82. The molecular formula is C19H25NO4S. The lowest BCUT2D eigenvalue weighted by atomic mass is 9.90. The molecule has 0 atom stereocenters. The quantitative estimate of drug-likeness (QED) is 0.596. The van der Waals surface area contributed by atoms with E-state index in [0.717, 1.165) is 18.4 Å². The SMILES string of the molecule is CCCCOC1(NS(=O)(=O)c2ccc(C)cc2)C(C)=CC(=O)C=C1C. The molecule has 0 unspecified atom stereocenters. The van der Waals surface area contributed by atoms with E-state index in [-0.39, 0.29) is 10.7 Å². The van der Waals surface area contributed by atoms with Crippen molar-refractivity contribution in [2.24, 2.45) is 0 Å². The molecule has 2 rings (SSSR count). The Labute approximate surface area is 149 Å². The van der Waals surface area contributed by atoms with Crippen LogP contribution in [0, 0.1) is 6.92 Å². The number of ketones is 1. The Morgan fingerprint density at radius 1 is 1.04 bits per heavy atom. The van der Waals surface area contributed by atoms with Gasteiger partial charge in [0.1, 0.15) is 0 Å². The van der Waals surface area contributed by atoms with Gasteiger partial charge in [0, 0.05) is 6.61 Å². The summed E-state index contributed by atoms with van der Waals surface area (Å²) in [5.74, 6) is -0.167. The summed E-state index contributed by atoms with van der Waals surface area (Å²) in [5, 5.41) is 0. The third-order valence-corrected chi connectivity index (χ3v) is 5.70. The lowest BCUT2D eigenvalue weighted by Gasteiger charge is -2.38. The number of ether oxygens (including phenoxy) is 1. The van der Waals surface area contributed by atoms with Crippen LogP contribution >= 0.6 is 0 Å². The highest BCUT2D eigenvalue weighted by Gasteiger charge is 2.42. The number of rotatable bonds is 7. The summed E-state index contributed by atoms with van der Waals surface area (Å²) in [6.07, 6.45) is 4.54. The molecule has 1 N–H and O–H groups in total. The van der Waals surface area contributed by atoms with Crippen LogP contribution in [0.1, 0.15) is 39.2 Å². The molecule has 0 saturated carbocycles. The van der Waals surface area contributed by atoms with Gasteiger partial charge in [-0.15, -0.1) is 0 Å². The van der Waals surface area contributed by atoms with Gasteiger partial charge in [-0.2, -0.15) is 4.72 Å². The van der Waals surface area contributed by atoms with Crippen LogP contribution in [-0.2, 0) is 19.6 Å². The van der Waals surface area contributed by atoms with Crippen molar-refractivity contribution in [1.29, 1.82) is 0 Å². The number of aryl methyl sites for hydroxylation is 1. The van der Waals surface area contributed by atoms with Crippen molar-refractivity contribution in [1.82, 2.24) is 4.72 Å². The topological polar surface area (TPSA) is 72.5 Å². The van der Waals surface area contributed by atoms with E-state index in [1.807, 2.05) is 13.8 Å². The predicted molar refractivity (Wildman–Crippen MR) is 97.6 cm³/mol. The van der Waals surface area contributed by atoms with Crippen molar-refractivity contribution in [2.75, 3.05) is 6.61 Å². The number of carbonyl (C=O) groups is 1. The standard InChI is InChI=1S/C19H25NO4S/c1-5-6-11-24-19(15(3)12-17(21)13-16(19)4)20-25(22,23)18-9-7-14(2)8-10-18/h7-10,12-13,20H,5-6,11H2,1-4H3. The van der Waals surface area contributed by atoms with Crippen LogP contribution in [0.5, 0.6) is 0 Å². The first-order chi connectivity index (χ1) is 11.7. The summed E-state index contributed by atoms with van der Waals surface area (Å²) in [5.41, 5.74) is 0.712. The van der Waals surface area contributed by atoms with Crippen LogP contribution in [0.4, 0.5) is 0 Å². The van der Waals surface area contributed by atoms with Gasteiger partial charge in [-0.1, -0.05) is 31.0 Å². The summed E-state index contributed by atoms with van der Waals surface area (Å²) < 4.78 is 34.5. The minimum absolute atomic E-state index is 0.161. The zero-order chi connectivity index (χ0) is 18.7. The summed E-state index contributed by atoms with van der Waals surface area (Å²) in [4.78, 5) is 12.0. The molecule has 1 aliphatic rings. The van der Waals surface area contributed by atoms with E-state index in [2.05, 4.69) is 4.72 Å². The molecule has 0 aliphatic heterocycles. The van der Waals surface area contributed by atoms with E-state index in [9.17, 15) is 13.2 Å². The largest absolute Gasteiger partial charge is 0.352 e. The lowest BCUT2D eigenvalue weighted by Crippen LogP contribution is -2.53. The molecule has 0 spiro atoms. The van der Waals surface area contributed by atoms with Gasteiger partial charge < -0.3 is 4.74 Å². The van der Waals surface area contributed by atoms with Crippen LogP contribution in [0.15, 0.2) is 52.5 Å². The molecule has 0 bridgehead atoms. The number of allylic oxidation sites excluding steroid dienone is 2. The van der Waals surface area contributed by atoms with Crippen molar-refractivity contribution in [2.45, 2.75) is 51.2 Å². The second-order valence-corrected chi connectivity index (χ2v) is 8.04. The molecule has 0 amide bonds. The Morgan fingerprint density at radius 2 is 1.60 bits per heavy atom. The molecule has 1 aromatic carbocycles. The van der Waals surface area contributed by atoms with Gasteiger partial charge >= 0.3 is 0 Å². The average Bonchev–Trinajstić information content (AvgIpc) is 2.52. The van der Waals surface area contributed by atoms with Gasteiger partial charge in [-0.05, 0) is 62.6 Å². The van der Waals surface area contributed by atoms with E-state index in [1.165, 1.54) is 12.2 Å². The zero-order valence-electron chi connectivity index (χ0n) is 15.1. The first-order valence-electron chi connectivity index (χ1n) is 8.37. The van der Waals surface area contributed by atoms with Crippen LogP contribution in [0.25, 0.3) is 0 Å². The normalized spacial score (nSPS) is 17.2. The minimum Gasteiger partial charge on any atom is -0.352 e. The Bertz CT molecular complexity index is 782. The van der Waals surface area contributed by atoms with Crippen molar-refractivity contribution in [3.05, 3.63) is 53.1 Å². The minimum atomic E-state index is -3.82. The lowest BCUT2D eigenvalue weighted by molar-refractivity contribution is -0.111. The van der Waals surface area contributed by atoms with Gasteiger partial charge in [0.2, 0.25) is 10.0 Å². The summed E-state index contributed by atoms with van der Waals surface area (Å²) >= 11 is 0. The van der Waals surface area contributed by atoms with E-state index < -0.39 is 15.7 Å². The molecule has 5 nitrogen and oxygen atoms in total. The number of benzene rings is 1. The maximum Gasteiger partial charge on any atom is 0.243 e. The second kappa shape index (κ2) is 7.64. The average molecular weight is 363 g/mol. The fraction of sp³-hybridized carbons (Fsp3) is 0.421. The monoisotopic (exact) mass is 363 g/mol. The fourth-order valence-electron chi connectivity index (χ4n) is 2.74. The van der Waals surface area contributed by atoms with Crippen LogP contribution in [0.3, 0.4) is 0 Å². The highest BCUT2D eigenvalue weighted by Crippen LogP contribution is 2.32. The number of unbranched alkanes of at least 4 members (excludes halogenated alkanes) is 1. The molecule has 136 valence electrons. The second-order valence-electron chi connectivity index (χ2n) is 6.36. The van der Waals surface area contributed by atoms with Gasteiger partial charge in [-0.3, -0.25) is 4.79 Å². The fourth-order valence-corrected chi connectivity index (χ4v) is 4.11. The van der Waals surface area contributed by atoms with E-state index in [1.54, 1.807) is 38.1 Å². The molecule has 6 heteroatoms. The first kappa shape index (κ1) is 19.6. The Balaban J connectivity index is 2.43. The molecule has 0 fully saturated rings. The van der Waals surface area contributed by atoms with E-state index >= 15 is 0 Å². The van der Waals surface area contributed by atoms with Gasteiger partial charge in [0.15, 0.2) is 11.5 Å². The van der Waals surface area contributed by atoms with Gasteiger partial charge in [0.05, 0.1) is 4.90 Å². The molecule has 0 saturated heterocycles. The van der Waals surface area contributed by atoms with Gasteiger partial charge in [0.25, 0.3) is 0 Å². The Hall–Kier alpha value is -1.76. The highest BCUT2D eigenvalue weighted by molar-refractivity contribution is 7.89. The third-order valence-electron chi connectivity index (χ3n) is 4.25. The summed E-state index contributed by atoms with van der Waals surface area (Å²) in [6.45, 7) is 7.72. The van der Waals surface area contributed by atoms with E-state index in [0.29, 0.717) is 17.8 Å². The molecule has 1 aromatic rings. The Kier molecular flexibility index (Phi) is 5.98.